The highest BCUT2D eigenvalue weighted by Crippen LogP contribution is 2.24. The zero-order valence-corrected chi connectivity index (χ0v) is 19.7. The number of hydrogen-bond acceptors (Lipinski definition) is 4. The Hall–Kier alpha value is -4.03. The fraction of sp³-hybridized carbons (Fsp3) is 0.0357. The SMILES string of the molecule is O=C(CNc1ccc(Br)cc1C(=O)c1ccccc1)Nc1ccccc1C(=O)c1ccccc1. The maximum atomic E-state index is 13.0. The maximum absolute atomic E-state index is 13.0. The molecule has 0 aliphatic carbocycles. The van der Waals surface area contributed by atoms with Gasteiger partial charge < -0.3 is 10.6 Å². The number of benzene rings is 4. The van der Waals surface area contributed by atoms with Crippen LogP contribution in [0.4, 0.5) is 11.4 Å². The largest absolute Gasteiger partial charge is 0.376 e. The number of carbonyl (C=O) groups excluding carboxylic acids is 3. The second-order valence-electron chi connectivity index (χ2n) is 7.53. The molecule has 4 aromatic rings. The molecule has 0 aliphatic heterocycles. The lowest BCUT2D eigenvalue weighted by molar-refractivity contribution is -0.114. The summed E-state index contributed by atoms with van der Waals surface area (Å²) < 4.78 is 0.759. The molecule has 0 radical (unpaired) electrons. The molecule has 0 aromatic heterocycles. The predicted octanol–water partition coefficient (Wildman–Crippen LogP) is 5.96. The van der Waals surface area contributed by atoms with Crippen LogP contribution in [0.3, 0.4) is 0 Å². The van der Waals surface area contributed by atoms with E-state index >= 15 is 0 Å². The highest BCUT2D eigenvalue weighted by Gasteiger charge is 2.17. The van der Waals surface area contributed by atoms with E-state index in [1.165, 1.54) is 0 Å². The molecule has 6 heteroatoms. The minimum atomic E-state index is -0.339. The Balaban J connectivity index is 1.49. The van der Waals surface area contributed by atoms with Crippen molar-refractivity contribution in [2.24, 2.45) is 0 Å². The molecule has 4 rings (SSSR count). The first kappa shape index (κ1) is 23.1. The van der Waals surface area contributed by atoms with E-state index in [9.17, 15) is 14.4 Å². The van der Waals surface area contributed by atoms with Crippen molar-refractivity contribution < 1.29 is 14.4 Å². The van der Waals surface area contributed by atoms with E-state index in [-0.39, 0.29) is 24.0 Å². The molecule has 1 amide bonds. The average molecular weight is 513 g/mol. The van der Waals surface area contributed by atoms with E-state index in [0.717, 1.165) is 4.47 Å². The molecule has 0 saturated carbocycles. The van der Waals surface area contributed by atoms with Gasteiger partial charge in [0.1, 0.15) is 0 Å². The van der Waals surface area contributed by atoms with Gasteiger partial charge in [-0.25, -0.2) is 0 Å². The Labute approximate surface area is 206 Å². The van der Waals surface area contributed by atoms with Crippen LogP contribution in [-0.4, -0.2) is 24.0 Å². The van der Waals surface area contributed by atoms with Crippen molar-refractivity contribution in [3.05, 3.63) is 130 Å². The van der Waals surface area contributed by atoms with E-state index in [1.807, 2.05) is 12.1 Å². The van der Waals surface area contributed by atoms with Crippen molar-refractivity contribution in [1.82, 2.24) is 0 Å². The van der Waals surface area contributed by atoms with Gasteiger partial charge in [0.05, 0.1) is 12.2 Å². The van der Waals surface area contributed by atoms with Gasteiger partial charge in [-0.15, -0.1) is 0 Å². The van der Waals surface area contributed by atoms with Crippen molar-refractivity contribution >= 4 is 44.8 Å². The zero-order valence-electron chi connectivity index (χ0n) is 18.1. The molecular formula is C28H21BrN2O3. The summed E-state index contributed by atoms with van der Waals surface area (Å²) in [6.07, 6.45) is 0. The van der Waals surface area contributed by atoms with Crippen molar-refractivity contribution in [2.75, 3.05) is 17.2 Å². The van der Waals surface area contributed by atoms with Crippen LogP contribution in [0, 0.1) is 0 Å². The van der Waals surface area contributed by atoms with Gasteiger partial charge in [-0.2, -0.15) is 0 Å². The predicted molar refractivity (Wildman–Crippen MR) is 137 cm³/mol. The highest BCUT2D eigenvalue weighted by atomic mass is 79.9. The number of hydrogen-bond donors (Lipinski definition) is 2. The molecule has 0 atom stereocenters. The summed E-state index contributed by atoms with van der Waals surface area (Å²) in [7, 11) is 0. The average Bonchev–Trinajstić information content (AvgIpc) is 2.88. The van der Waals surface area contributed by atoms with Gasteiger partial charge in [-0.3, -0.25) is 14.4 Å². The Morgan fingerprint density at radius 1 is 0.618 bits per heavy atom. The van der Waals surface area contributed by atoms with Gasteiger partial charge >= 0.3 is 0 Å². The lowest BCUT2D eigenvalue weighted by atomic mass is 10.0. The lowest BCUT2D eigenvalue weighted by Crippen LogP contribution is -2.24. The van der Waals surface area contributed by atoms with Crippen LogP contribution < -0.4 is 10.6 Å². The summed E-state index contributed by atoms with van der Waals surface area (Å²) in [5.74, 6) is -0.661. The third-order valence-electron chi connectivity index (χ3n) is 5.18. The number of rotatable bonds is 8. The van der Waals surface area contributed by atoms with Crippen molar-refractivity contribution in [3.63, 3.8) is 0 Å². The Kier molecular flexibility index (Phi) is 7.30. The molecule has 4 aromatic carbocycles. The molecule has 2 N–H and O–H groups in total. The van der Waals surface area contributed by atoms with Crippen LogP contribution in [0.15, 0.2) is 108 Å². The number of ketones is 2. The fourth-order valence-corrected chi connectivity index (χ4v) is 3.87. The summed E-state index contributed by atoms with van der Waals surface area (Å²) in [6, 6.07) is 30.0. The highest BCUT2D eigenvalue weighted by molar-refractivity contribution is 9.10. The van der Waals surface area contributed by atoms with E-state index in [4.69, 9.17) is 0 Å². The first-order valence-corrected chi connectivity index (χ1v) is 11.4. The topological polar surface area (TPSA) is 75.3 Å². The van der Waals surface area contributed by atoms with Crippen LogP contribution in [0.25, 0.3) is 0 Å². The van der Waals surface area contributed by atoms with Crippen molar-refractivity contribution in [2.45, 2.75) is 0 Å². The van der Waals surface area contributed by atoms with Crippen LogP contribution in [0.1, 0.15) is 31.8 Å². The van der Waals surface area contributed by atoms with Gasteiger partial charge in [0, 0.05) is 32.4 Å². The van der Waals surface area contributed by atoms with Crippen LogP contribution in [0.2, 0.25) is 0 Å². The summed E-state index contributed by atoms with van der Waals surface area (Å²) in [6.45, 7) is -0.0788. The summed E-state index contributed by atoms with van der Waals surface area (Å²) in [5.41, 5.74) is 2.93. The number of nitrogens with one attached hydrogen (secondary N) is 2. The van der Waals surface area contributed by atoms with Gasteiger partial charge in [0.15, 0.2) is 11.6 Å². The minimum absolute atomic E-state index is 0.0788. The van der Waals surface area contributed by atoms with Gasteiger partial charge in [0.2, 0.25) is 5.91 Å². The summed E-state index contributed by atoms with van der Waals surface area (Å²) >= 11 is 3.41. The Bertz CT molecular complexity index is 1340. The first-order valence-electron chi connectivity index (χ1n) is 10.6. The van der Waals surface area contributed by atoms with Gasteiger partial charge in [-0.05, 0) is 30.3 Å². The van der Waals surface area contributed by atoms with Crippen LogP contribution in [0.5, 0.6) is 0 Å². The normalized spacial score (nSPS) is 10.4. The van der Waals surface area contributed by atoms with E-state index in [0.29, 0.717) is 33.6 Å². The number of amides is 1. The standard InChI is InChI=1S/C28H21BrN2O3/c29-21-15-16-24(23(17-21)28(34)20-11-5-2-6-12-20)30-18-26(32)31-25-14-8-7-13-22(25)27(33)19-9-3-1-4-10-19/h1-17,30H,18H2,(H,31,32). The molecule has 0 fully saturated rings. The Morgan fingerprint density at radius 2 is 1.18 bits per heavy atom. The lowest BCUT2D eigenvalue weighted by Gasteiger charge is -2.14. The number of halogens is 1. The van der Waals surface area contributed by atoms with Crippen LogP contribution in [-0.2, 0) is 4.79 Å². The first-order chi connectivity index (χ1) is 16.5. The Morgan fingerprint density at radius 3 is 1.82 bits per heavy atom. The van der Waals surface area contributed by atoms with Gasteiger partial charge in [0.25, 0.3) is 0 Å². The third-order valence-corrected chi connectivity index (χ3v) is 5.68. The van der Waals surface area contributed by atoms with Crippen molar-refractivity contribution in [3.8, 4) is 0 Å². The van der Waals surface area contributed by atoms with Crippen LogP contribution >= 0.6 is 15.9 Å². The number of carbonyl (C=O) groups is 3. The molecular weight excluding hydrogens is 492 g/mol. The number of para-hydroxylation sites is 1. The van der Waals surface area contributed by atoms with Crippen molar-refractivity contribution in [1.29, 1.82) is 0 Å². The number of anilines is 2. The summed E-state index contributed by atoms with van der Waals surface area (Å²) in [4.78, 5) is 38.7. The summed E-state index contributed by atoms with van der Waals surface area (Å²) in [5, 5.41) is 5.86. The molecule has 5 nitrogen and oxygen atoms in total. The molecule has 0 aliphatic rings. The molecule has 0 heterocycles. The zero-order chi connectivity index (χ0) is 23.9. The smallest absolute Gasteiger partial charge is 0.243 e. The molecule has 0 unspecified atom stereocenters. The second-order valence-corrected chi connectivity index (χ2v) is 8.44. The molecule has 0 bridgehead atoms. The molecule has 0 spiro atoms. The van der Waals surface area contributed by atoms with E-state index < -0.39 is 0 Å². The molecule has 34 heavy (non-hydrogen) atoms. The monoisotopic (exact) mass is 512 g/mol. The molecule has 0 saturated heterocycles. The maximum Gasteiger partial charge on any atom is 0.243 e. The van der Waals surface area contributed by atoms with E-state index in [2.05, 4.69) is 26.6 Å². The minimum Gasteiger partial charge on any atom is -0.376 e. The fourth-order valence-electron chi connectivity index (χ4n) is 3.51. The quantitative estimate of drug-likeness (QED) is 0.285. The second kappa shape index (κ2) is 10.7. The van der Waals surface area contributed by atoms with E-state index in [1.54, 1.807) is 91.0 Å². The van der Waals surface area contributed by atoms with Gasteiger partial charge in [-0.1, -0.05) is 88.7 Å². The molecule has 168 valence electrons. The third kappa shape index (κ3) is 5.47.